The number of morpholine rings is 1. The number of carbonyl (C=O) groups is 2. The molecule has 12 heteroatoms. The molecule has 1 N–H and O–H groups in total. The van der Waals surface area contributed by atoms with Crippen molar-refractivity contribution in [3.05, 3.63) is 58.6 Å². The van der Waals surface area contributed by atoms with Crippen LogP contribution in [0.25, 0.3) is 0 Å². The third-order valence-corrected chi connectivity index (χ3v) is 7.16. The van der Waals surface area contributed by atoms with E-state index in [0.29, 0.717) is 42.1 Å². The van der Waals surface area contributed by atoms with Gasteiger partial charge >= 0.3 is 0 Å². The monoisotopic (exact) mass is 527 g/mol. The quantitative estimate of drug-likeness (QED) is 0.368. The smallest absolute Gasteiger partial charge is 0.271 e. The number of hydrogen-bond donors (Lipinski definition) is 1. The van der Waals surface area contributed by atoms with Gasteiger partial charge in [-0.1, -0.05) is 17.8 Å². The number of nitrogens with zero attached hydrogens (tertiary/aromatic N) is 4. The first kappa shape index (κ1) is 26.6. The van der Waals surface area contributed by atoms with Crippen LogP contribution in [0.3, 0.4) is 0 Å². The molecule has 2 heterocycles. The molecule has 2 aliphatic heterocycles. The maximum atomic E-state index is 13.3. The fourth-order valence-corrected chi connectivity index (χ4v) is 5.24. The third kappa shape index (κ3) is 7.28. The summed E-state index contributed by atoms with van der Waals surface area (Å²) in [6.07, 6.45) is 0.689. The van der Waals surface area contributed by atoms with E-state index < -0.39 is 16.1 Å². The van der Waals surface area contributed by atoms with Crippen molar-refractivity contribution in [1.29, 1.82) is 0 Å². The fourth-order valence-electron chi connectivity index (χ4n) is 4.05. The number of hydrogen-bond acceptors (Lipinski definition) is 9. The molecule has 2 aliphatic rings. The molecular formula is C25H29N5O6S. The Labute approximate surface area is 219 Å². The number of aliphatic imine (C=N–C) groups is 1. The Hall–Kier alpha value is -3.48. The average molecular weight is 528 g/mol. The predicted molar refractivity (Wildman–Crippen MR) is 141 cm³/mol. The molecule has 0 aliphatic carbocycles. The summed E-state index contributed by atoms with van der Waals surface area (Å²) in [4.78, 5) is 45.2. The van der Waals surface area contributed by atoms with E-state index in [2.05, 4.69) is 10.2 Å². The molecular weight excluding hydrogens is 498 g/mol. The number of nitrogens with one attached hydrogen (secondary N) is 1. The molecule has 1 atom stereocenters. The first-order valence-electron chi connectivity index (χ1n) is 12.0. The number of ether oxygens (including phenoxy) is 2. The number of nitro benzene ring substituents is 1. The van der Waals surface area contributed by atoms with Gasteiger partial charge in [-0.3, -0.25) is 29.5 Å². The highest BCUT2D eigenvalue weighted by Crippen LogP contribution is 2.32. The van der Waals surface area contributed by atoms with E-state index in [4.69, 9.17) is 14.5 Å². The van der Waals surface area contributed by atoms with Crippen LogP contribution in [0.4, 0.5) is 17.1 Å². The highest BCUT2D eigenvalue weighted by atomic mass is 32.2. The Morgan fingerprint density at radius 2 is 1.97 bits per heavy atom. The van der Waals surface area contributed by atoms with Crippen LogP contribution in [0.1, 0.15) is 12.8 Å². The third-order valence-electron chi connectivity index (χ3n) is 5.99. The number of benzene rings is 2. The second-order valence-corrected chi connectivity index (χ2v) is 9.73. The van der Waals surface area contributed by atoms with Crippen LogP contribution in [0, 0.1) is 10.1 Å². The SMILES string of the molecule is COc1ccc(N=C2S[C@H](CC(=O)Nc3cccc([N+](=O)[O-])c3)C(=O)N2CCCN2CCOCC2)cc1. The lowest BCUT2D eigenvalue weighted by atomic mass is 10.2. The van der Waals surface area contributed by atoms with E-state index in [1.54, 1.807) is 30.2 Å². The maximum absolute atomic E-state index is 13.3. The van der Waals surface area contributed by atoms with Crippen LogP contribution in [0.15, 0.2) is 53.5 Å². The average Bonchev–Trinajstić information content (AvgIpc) is 3.18. The van der Waals surface area contributed by atoms with E-state index >= 15 is 0 Å². The fraction of sp³-hybridized carbons (Fsp3) is 0.400. The maximum Gasteiger partial charge on any atom is 0.271 e. The molecule has 0 saturated carbocycles. The molecule has 11 nitrogen and oxygen atoms in total. The predicted octanol–water partition coefficient (Wildman–Crippen LogP) is 3.29. The number of rotatable bonds is 10. The molecule has 196 valence electrons. The van der Waals surface area contributed by atoms with Gasteiger partial charge in [0.2, 0.25) is 11.8 Å². The van der Waals surface area contributed by atoms with Gasteiger partial charge in [0.1, 0.15) is 11.0 Å². The van der Waals surface area contributed by atoms with Gasteiger partial charge in [0.05, 0.1) is 30.9 Å². The summed E-state index contributed by atoms with van der Waals surface area (Å²) in [6.45, 7) is 4.49. The molecule has 0 aromatic heterocycles. The van der Waals surface area contributed by atoms with E-state index in [0.717, 1.165) is 26.1 Å². The van der Waals surface area contributed by atoms with Crippen molar-refractivity contribution >= 4 is 45.8 Å². The minimum atomic E-state index is -0.640. The van der Waals surface area contributed by atoms with E-state index in [1.165, 1.54) is 30.0 Å². The Morgan fingerprint density at radius 3 is 2.68 bits per heavy atom. The van der Waals surface area contributed by atoms with Crippen LogP contribution in [0.2, 0.25) is 0 Å². The summed E-state index contributed by atoms with van der Waals surface area (Å²) < 4.78 is 10.6. The highest BCUT2D eigenvalue weighted by Gasteiger charge is 2.39. The topological polar surface area (TPSA) is 127 Å². The summed E-state index contributed by atoms with van der Waals surface area (Å²) in [5, 5.41) is 13.6. The van der Waals surface area contributed by atoms with Gasteiger partial charge in [0, 0.05) is 50.4 Å². The van der Waals surface area contributed by atoms with Crippen molar-refractivity contribution in [1.82, 2.24) is 9.80 Å². The summed E-state index contributed by atoms with van der Waals surface area (Å²) in [5.41, 5.74) is 0.865. The standard InChI is InChI=1S/C25H29N5O6S/c1-35-21-8-6-18(7-9-21)27-25-29(11-3-10-28-12-14-36-15-13-28)24(32)22(37-25)17-23(31)26-19-4-2-5-20(16-19)30(33)34/h2,4-9,16,22H,3,10-15,17H2,1H3,(H,26,31)/t22-/m1/s1. The number of methoxy groups -OCH3 is 1. The molecule has 0 bridgehead atoms. The summed E-state index contributed by atoms with van der Waals surface area (Å²) in [7, 11) is 1.59. The van der Waals surface area contributed by atoms with E-state index in [1.807, 2.05) is 12.1 Å². The van der Waals surface area contributed by atoms with Crippen LogP contribution >= 0.6 is 11.8 Å². The number of amidine groups is 1. The molecule has 2 aromatic rings. The Kier molecular flexibility index (Phi) is 9.09. The van der Waals surface area contributed by atoms with Gasteiger partial charge in [-0.05, 0) is 36.8 Å². The molecule has 2 amide bonds. The van der Waals surface area contributed by atoms with E-state index in [9.17, 15) is 19.7 Å². The molecule has 4 rings (SSSR count). The zero-order valence-electron chi connectivity index (χ0n) is 20.5. The Bertz CT molecular complexity index is 1150. The number of amides is 2. The zero-order chi connectivity index (χ0) is 26.2. The number of thioether (sulfide) groups is 1. The molecule has 2 fully saturated rings. The van der Waals surface area contributed by atoms with Crippen molar-refractivity contribution in [3.8, 4) is 5.75 Å². The summed E-state index contributed by atoms with van der Waals surface area (Å²) in [6, 6.07) is 12.9. The first-order valence-corrected chi connectivity index (χ1v) is 12.9. The summed E-state index contributed by atoms with van der Waals surface area (Å²) in [5.74, 6) is 0.135. The number of nitro groups is 1. The van der Waals surface area contributed by atoms with Gasteiger partial charge in [-0.25, -0.2) is 4.99 Å². The number of non-ortho nitro benzene ring substituents is 1. The number of carbonyl (C=O) groups excluding carboxylic acids is 2. The Balaban J connectivity index is 1.44. The van der Waals surface area contributed by atoms with Gasteiger partial charge in [0.25, 0.3) is 5.69 Å². The van der Waals surface area contributed by atoms with Crippen LogP contribution in [0.5, 0.6) is 5.75 Å². The van der Waals surface area contributed by atoms with Gasteiger partial charge in [-0.15, -0.1) is 0 Å². The molecule has 0 radical (unpaired) electrons. The van der Waals surface area contributed by atoms with E-state index in [-0.39, 0.29) is 18.0 Å². The zero-order valence-corrected chi connectivity index (χ0v) is 21.3. The second-order valence-electron chi connectivity index (χ2n) is 8.56. The van der Waals surface area contributed by atoms with Crippen molar-refractivity contribution < 1.29 is 24.0 Å². The molecule has 0 unspecified atom stereocenters. The minimum absolute atomic E-state index is 0.0756. The van der Waals surface area contributed by atoms with Gasteiger partial charge in [-0.2, -0.15) is 0 Å². The molecule has 37 heavy (non-hydrogen) atoms. The van der Waals surface area contributed by atoms with Crippen molar-refractivity contribution in [2.24, 2.45) is 4.99 Å². The van der Waals surface area contributed by atoms with Crippen molar-refractivity contribution in [3.63, 3.8) is 0 Å². The first-order chi connectivity index (χ1) is 17.9. The largest absolute Gasteiger partial charge is 0.497 e. The van der Waals surface area contributed by atoms with Crippen LogP contribution in [-0.4, -0.2) is 83.5 Å². The highest BCUT2D eigenvalue weighted by molar-refractivity contribution is 8.15. The molecule has 2 aromatic carbocycles. The Morgan fingerprint density at radius 1 is 1.22 bits per heavy atom. The lowest BCUT2D eigenvalue weighted by molar-refractivity contribution is -0.384. The lowest BCUT2D eigenvalue weighted by Crippen LogP contribution is -2.39. The van der Waals surface area contributed by atoms with Gasteiger partial charge < -0.3 is 14.8 Å². The normalized spacial score (nSPS) is 19.3. The summed E-state index contributed by atoms with van der Waals surface area (Å²) >= 11 is 1.26. The van der Waals surface area contributed by atoms with Crippen molar-refractivity contribution in [2.45, 2.75) is 18.1 Å². The van der Waals surface area contributed by atoms with Gasteiger partial charge in [0.15, 0.2) is 5.17 Å². The second kappa shape index (κ2) is 12.7. The van der Waals surface area contributed by atoms with Crippen LogP contribution < -0.4 is 10.1 Å². The minimum Gasteiger partial charge on any atom is -0.497 e. The lowest BCUT2D eigenvalue weighted by Gasteiger charge is -2.27. The molecule has 0 spiro atoms. The van der Waals surface area contributed by atoms with Crippen LogP contribution in [-0.2, 0) is 14.3 Å². The van der Waals surface area contributed by atoms with Crippen molar-refractivity contribution in [2.75, 3.05) is 51.8 Å². The molecule has 2 saturated heterocycles. The number of anilines is 1.